The van der Waals surface area contributed by atoms with Crippen LogP contribution in [0.4, 0.5) is 5.95 Å². The maximum Gasteiger partial charge on any atom is 0.311 e. The SMILES string of the molecule is CC[C@H](OC(C)=O)[C@@H]1CC[C@H](n2c(=O)sc3c(=O)[nH]c(NN)nc32)O1. The van der Waals surface area contributed by atoms with E-state index in [-0.39, 0.29) is 39.3 Å². The number of ether oxygens (including phenoxy) is 2. The number of carbonyl (C=O) groups excluding carboxylic acids is 1. The second-order valence-corrected chi connectivity index (χ2v) is 6.67. The van der Waals surface area contributed by atoms with E-state index in [1.807, 2.05) is 6.92 Å². The molecular weight excluding hydrogens is 350 g/mol. The van der Waals surface area contributed by atoms with Crippen LogP contribution in [0.25, 0.3) is 10.3 Å². The van der Waals surface area contributed by atoms with Gasteiger partial charge in [-0.2, -0.15) is 4.98 Å². The number of fused-ring (bicyclic) bond motifs is 1. The summed E-state index contributed by atoms with van der Waals surface area (Å²) in [5, 5.41) is 0. The predicted octanol–water partition coefficient (Wildman–Crippen LogP) is 0.451. The van der Waals surface area contributed by atoms with Crippen molar-refractivity contribution < 1.29 is 14.3 Å². The number of nitrogen functional groups attached to an aromatic ring is 1. The average Bonchev–Trinajstić information content (AvgIpc) is 3.16. The fourth-order valence-corrected chi connectivity index (χ4v) is 3.85. The molecule has 1 fully saturated rings. The number of anilines is 1. The number of nitrogens with one attached hydrogen (secondary N) is 2. The van der Waals surface area contributed by atoms with Crippen LogP contribution in [0.5, 0.6) is 0 Å². The van der Waals surface area contributed by atoms with Crippen LogP contribution in [-0.2, 0) is 14.3 Å². The second-order valence-electron chi connectivity index (χ2n) is 5.71. The molecular formula is C14H19N5O5S. The van der Waals surface area contributed by atoms with Gasteiger partial charge in [-0.25, -0.2) is 5.84 Å². The number of nitrogens with two attached hydrogens (primary N) is 1. The topological polar surface area (TPSA) is 141 Å². The quantitative estimate of drug-likeness (QED) is 0.392. The Morgan fingerprint density at radius 2 is 2.32 bits per heavy atom. The molecule has 4 N–H and O–H groups in total. The summed E-state index contributed by atoms with van der Waals surface area (Å²) in [6, 6.07) is 0. The molecule has 0 saturated carbocycles. The second kappa shape index (κ2) is 6.94. The Hall–Kier alpha value is -2.24. The molecule has 25 heavy (non-hydrogen) atoms. The minimum atomic E-state index is -0.573. The number of aromatic amines is 1. The summed E-state index contributed by atoms with van der Waals surface area (Å²) in [6.45, 7) is 3.25. The van der Waals surface area contributed by atoms with Crippen LogP contribution >= 0.6 is 11.3 Å². The molecule has 0 bridgehead atoms. The standard InChI is InChI=1S/C14H19N5O5S/c1-3-7(23-6(2)20)8-4-5-9(24-8)19-11-10(25-14(19)22)12(21)17-13(16-11)18-15/h7-9H,3-5,15H2,1-2H3,(H2,16,17,18,21)/t7-,8-,9+/m0/s1. The molecule has 11 heteroatoms. The van der Waals surface area contributed by atoms with Gasteiger partial charge in [0.2, 0.25) is 5.95 Å². The molecule has 3 heterocycles. The predicted molar refractivity (Wildman–Crippen MR) is 91.3 cm³/mol. The van der Waals surface area contributed by atoms with Crippen LogP contribution in [0.15, 0.2) is 9.59 Å². The van der Waals surface area contributed by atoms with Crippen molar-refractivity contribution in [3.63, 3.8) is 0 Å². The number of aromatic nitrogens is 3. The minimum Gasteiger partial charge on any atom is -0.460 e. The van der Waals surface area contributed by atoms with Gasteiger partial charge in [-0.05, 0) is 19.3 Å². The Balaban J connectivity index is 1.94. The average molecular weight is 369 g/mol. The van der Waals surface area contributed by atoms with Gasteiger partial charge in [0, 0.05) is 6.92 Å². The summed E-state index contributed by atoms with van der Waals surface area (Å²) in [6.07, 6.45) is 0.529. The first-order valence-corrected chi connectivity index (χ1v) is 8.70. The number of hydrazine groups is 1. The smallest absolute Gasteiger partial charge is 0.311 e. The summed E-state index contributed by atoms with van der Waals surface area (Å²) in [5.74, 6) is 4.99. The highest BCUT2D eigenvalue weighted by Gasteiger charge is 2.35. The third-order valence-corrected chi connectivity index (χ3v) is 5.01. The molecule has 1 aliphatic heterocycles. The van der Waals surface area contributed by atoms with Crippen LogP contribution in [0, 0.1) is 0 Å². The van der Waals surface area contributed by atoms with Gasteiger partial charge in [0.05, 0.1) is 6.10 Å². The molecule has 10 nitrogen and oxygen atoms in total. The summed E-state index contributed by atoms with van der Waals surface area (Å²) in [7, 11) is 0. The number of hydrogen-bond donors (Lipinski definition) is 3. The molecule has 3 atom stereocenters. The molecule has 3 rings (SSSR count). The molecule has 2 aromatic heterocycles. The maximum atomic E-state index is 12.4. The van der Waals surface area contributed by atoms with E-state index in [4.69, 9.17) is 15.3 Å². The summed E-state index contributed by atoms with van der Waals surface area (Å²) < 4.78 is 12.8. The van der Waals surface area contributed by atoms with E-state index in [2.05, 4.69) is 15.4 Å². The molecule has 0 aromatic carbocycles. The van der Waals surface area contributed by atoms with Crippen molar-refractivity contribution in [3.05, 3.63) is 20.0 Å². The molecule has 2 aromatic rings. The van der Waals surface area contributed by atoms with Crippen LogP contribution in [0.1, 0.15) is 39.3 Å². The molecule has 136 valence electrons. The van der Waals surface area contributed by atoms with E-state index in [9.17, 15) is 14.4 Å². The van der Waals surface area contributed by atoms with E-state index in [1.54, 1.807) is 0 Å². The molecule has 0 aliphatic carbocycles. The van der Waals surface area contributed by atoms with Crippen molar-refractivity contribution >= 4 is 33.6 Å². The highest BCUT2D eigenvalue weighted by molar-refractivity contribution is 7.16. The van der Waals surface area contributed by atoms with Gasteiger partial charge in [0.25, 0.3) is 5.56 Å². The third kappa shape index (κ3) is 3.30. The van der Waals surface area contributed by atoms with Gasteiger partial charge in [-0.15, -0.1) is 0 Å². The fourth-order valence-electron chi connectivity index (χ4n) is 2.99. The first-order valence-electron chi connectivity index (χ1n) is 7.89. The van der Waals surface area contributed by atoms with Crippen LogP contribution in [0.2, 0.25) is 0 Å². The van der Waals surface area contributed by atoms with Crippen LogP contribution in [0.3, 0.4) is 0 Å². The normalized spacial score (nSPS) is 21.4. The zero-order valence-electron chi connectivity index (χ0n) is 13.8. The lowest BCUT2D eigenvalue weighted by Crippen LogP contribution is -2.31. The molecule has 0 spiro atoms. The summed E-state index contributed by atoms with van der Waals surface area (Å²) in [4.78, 5) is 41.9. The van der Waals surface area contributed by atoms with E-state index in [1.165, 1.54) is 11.5 Å². The molecule has 1 aliphatic rings. The highest BCUT2D eigenvalue weighted by Crippen LogP contribution is 2.33. The first kappa shape index (κ1) is 17.6. The van der Waals surface area contributed by atoms with E-state index in [0.717, 1.165) is 11.3 Å². The molecule has 1 saturated heterocycles. The van der Waals surface area contributed by atoms with Gasteiger partial charge in [-0.3, -0.25) is 29.4 Å². The molecule has 0 amide bonds. The zero-order valence-corrected chi connectivity index (χ0v) is 14.6. The fraction of sp³-hybridized carbons (Fsp3) is 0.571. The highest BCUT2D eigenvalue weighted by atomic mass is 32.1. The van der Waals surface area contributed by atoms with Crippen molar-refractivity contribution in [1.29, 1.82) is 0 Å². The number of rotatable bonds is 5. The Morgan fingerprint density at radius 1 is 1.56 bits per heavy atom. The number of carbonyl (C=O) groups is 1. The molecule has 0 radical (unpaired) electrons. The number of H-pyrrole nitrogens is 1. The zero-order chi connectivity index (χ0) is 18.1. The van der Waals surface area contributed by atoms with E-state index in [0.29, 0.717) is 19.3 Å². The van der Waals surface area contributed by atoms with Crippen molar-refractivity contribution in [3.8, 4) is 0 Å². The van der Waals surface area contributed by atoms with Crippen LogP contribution < -0.4 is 21.7 Å². The number of hydrogen-bond acceptors (Lipinski definition) is 9. The molecule has 0 unspecified atom stereocenters. The monoisotopic (exact) mass is 369 g/mol. The van der Waals surface area contributed by atoms with Crippen molar-refractivity contribution in [2.24, 2.45) is 5.84 Å². The Bertz CT molecular complexity index is 903. The lowest BCUT2D eigenvalue weighted by Gasteiger charge is -2.22. The first-order chi connectivity index (χ1) is 11.9. The van der Waals surface area contributed by atoms with Gasteiger partial charge in [0.1, 0.15) is 17.0 Å². The van der Waals surface area contributed by atoms with Gasteiger partial charge in [0.15, 0.2) is 5.65 Å². The van der Waals surface area contributed by atoms with Gasteiger partial charge in [-0.1, -0.05) is 18.3 Å². The maximum absolute atomic E-state index is 12.4. The minimum absolute atomic E-state index is 0.0601. The van der Waals surface area contributed by atoms with E-state index < -0.39 is 11.8 Å². The van der Waals surface area contributed by atoms with Crippen molar-refractivity contribution in [2.75, 3.05) is 5.43 Å². The number of esters is 1. The van der Waals surface area contributed by atoms with E-state index >= 15 is 0 Å². The Kier molecular flexibility index (Phi) is 4.88. The summed E-state index contributed by atoms with van der Waals surface area (Å²) in [5.41, 5.74) is 2.04. The van der Waals surface area contributed by atoms with Crippen molar-refractivity contribution in [1.82, 2.24) is 14.5 Å². The van der Waals surface area contributed by atoms with Gasteiger partial charge < -0.3 is 9.47 Å². The third-order valence-electron chi connectivity index (χ3n) is 4.06. The Labute approximate surface area is 145 Å². The largest absolute Gasteiger partial charge is 0.460 e. The number of nitrogens with zero attached hydrogens (tertiary/aromatic N) is 2. The Morgan fingerprint density at radius 3 is 2.96 bits per heavy atom. The lowest BCUT2D eigenvalue weighted by molar-refractivity contribution is -0.156. The number of thiazole rings is 1. The van der Waals surface area contributed by atoms with Gasteiger partial charge >= 0.3 is 10.8 Å². The summed E-state index contributed by atoms with van der Waals surface area (Å²) >= 11 is 0.805. The van der Waals surface area contributed by atoms with Crippen LogP contribution in [-0.4, -0.2) is 32.7 Å². The van der Waals surface area contributed by atoms with Crippen molar-refractivity contribution in [2.45, 2.75) is 51.5 Å². The lowest BCUT2D eigenvalue weighted by atomic mass is 10.1.